The van der Waals surface area contributed by atoms with Crippen LogP contribution in [0, 0.1) is 0 Å². The van der Waals surface area contributed by atoms with Crippen LogP contribution in [0.25, 0.3) is 0 Å². The highest BCUT2D eigenvalue weighted by Gasteiger charge is 2.14. The minimum atomic E-state index is -0.199. The Morgan fingerprint density at radius 2 is 2.21 bits per heavy atom. The van der Waals surface area contributed by atoms with Crippen LogP contribution in [-0.4, -0.2) is 24.7 Å². The molecule has 1 aromatic carbocycles. The zero-order valence-corrected chi connectivity index (χ0v) is 10.9. The standard InChI is InChI=1S/C12H11N3O3S/c1-13-11(16)8-5-19-12(15-8)14-7-2-3-9-10(4-7)18-6-17-9/h2-5H,6H2,1H3,(H,13,16)(H,14,15). The monoisotopic (exact) mass is 277 g/mol. The van der Waals surface area contributed by atoms with E-state index in [2.05, 4.69) is 15.6 Å². The van der Waals surface area contributed by atoms with E-state index in [-0.39, 0.29) is 12.7 Å². The highest BCUT2D eigenvalue weighted by molar-refractivity contribution is 7.14. The van der Waals surface area contributed by atoms with Crippen molar-refractivity contribution in [1.29, 1.82) is 0 Å². The van der Waals surface area contributed by atoms with Crippen LogP contribution < -0.4 is 20.1 Å². The van der Waals surface area contributed by atoms with Gasteiger partial charge in [-0.25, -0.2) is 4.98 Å². The Morgan fingerprint density at radius 1 is 1.37 bits per heavy atom. The molecule has 0 saturated carbocycles. The molecular weight excluding hydrogens is 266 g/mol. The number of nitrogens with zero attached hydrogens (tertiary/aromatic N) is 1. The summed E-state index contributed by atoms with van der Waals surface area (Å²) in [6.07, 6.45) is 0. The number of fused-ring (bicyclic) bond motifs is 1. The molecule has 2 N–H and O–H groups in total. The fraction of sp³-hybridized carbons (Fsp3) is 0.167. The maximum Gasteiger partial charge on any atom is 0.270 e. The summed E-state index contributed by atoms with van der Waals surface area (Å²) in [6, 6.07) is 5.54. The number of anilines is 2. The Bertz CT molecular complexity index is 626. The van der Waals surface area contributed by atoms with Crippen LogP contribution in [0.1, 0.15) is 10.5 Å². The molecule has 3 rings (SSSR count). The molecule has 1 aromatic heterocycles. The third-order valence-corrected chi connectivity index (χ3v) is 3.35. The van der Waals surface area contributed by atoms with E-state index in [4.69, 9.17) is 9.47 Å². The minimum absolute atomic E-state index is 0.199. The van der Waals surface area contributed by atoms with Crippen molar-refractivity contribution in [2.45, 2.75) is 0 Å². The first-order chi connectivity index (χ1) is 9.26. The molecule has 98 valence electrons. The molecule has 2 heterocycles. The second kappa shape index (κ2) is 4.77. The lowest BCUT2D eigenvalue weighted by atomic mass is 10.3. The molecule has 0 aliphatic carbocycles. The Hall–Kier alpha value is -2.28. The molecular formula is C12H11N3O3S. The quantitative estimate of drug-likeness (QED) is 0.897. The van der Waals surface area contributed by atoms with Crippen LogP contribution >= 0.6 is 11.3 Å². The smallest absolute Gasteiger partial charge is 0.270 e. The highest BCUT2D eigenvalue weighted by atomic mass is 32.1. The lowest BCUT2D eigenvalue weighted by Crippen LogP contribution is -2.17. The summed E-state index contributed by atoms with van der Waals surface area (Å²) < 4.78 is 10.5. The molecule has 2 aromatic rings. The van der Waals surface area contributed by atoms with E-state index in [9.17, 15) is 4.79 Å². The number of hydrogen-bond donors (Lipinski definition) is 2. The fourth-order valence-electron chi connectivity index (χ4n) is 1.66. The zero-order chi connectivity index (χ0) is 13.2. The first-order valence-electron chi connectivity index (χ1n) is 5.60. The van der Waals surface area contributed by atoms with Gasteiger partial charge in [-0.1, -0.05) is 0 Å². The van der Waals surface area contributed by atoms with Gasteiger partial charge in [0.05, 0.1) is 0 Å². The topological polar surface area (TPSA) is 72.5 Å². The Labute approximate surface area is 113 Å². The van der Waals surface area contributed by atoms with Gasteiger partial charge in [-0.3, -0.25) is 4.79 Å². The SMILES string of the molecule is CNC(=O)c1csc(Nc2ccc3c(c2)OCO3)n1. The molecule has 0 saturated heterocycles. The maximum atomic E-state index is 11.4. The molecule has 1 aliphatic rings. The first kappa shape index (κ1) is 11.8. The average Bonchev–Trinajstić information content (AvgIpc) is 3.06. The summed E-state index contributed by atoms with van der Waals surface area (Å²) in [5.74, 6) is 1.24. The number of carbonyl (C=O) groups excluding carboxylic acids is 1. The predicted octanol–water partition coefficient (Wildman–Crippen LogP) is 1.97. The van der Waals surface area contributed by atoms with Gasteiger partial charge in [-0.15, -0.1) is 11.3 Å². The van der Waals surface area contributed by atoms with Crippen molar-refractivity contribution < 1.29 is 14.3 Å². The summed E-state index contributed by atoms with van der Waals surface area (Å²) in [4.78, 5) is 15.6. The highest BCUT2D eigenvalue weighted by Crippen LogP contribution is 2.35. The number of amides is 1. The number of hydrogen-bond acceptors (Lipinski definition) is 6. The number of rotatable bonds is 3. The van der Waals surface area contributed by atoms with Gasteiger partial charge in [0.25, 0.3) is 5.91 Å². The Balaban J connectivity index is 1.78. The van der Waals surface area contributed by atoms with Gasteiger partial charge in [0.1, 0.15) is 5.69 Å². The second-order valence-electron chi connectivity index (χ2n) is 3.81. The molecule has 1 aliphatic heterocycles. The molecule has 0 fully saturated rings. The van der Waals surface area contributed by atoms with Crippen molar-refractivity contribution in [1.82, 2.24) is 10.3 Å². The third kappa shape index (κ3) is 2.32. The third-order valence-electron chi connectivity index (χ3n) is 2.59. The van der Waals surface area contributed by atoms with Gasteiger partial charge >= 0.3 is 0 Å². The van der Waals surface area contributed by atoms with E-state index >= 15 is 0 Å². The van der Waals surface area contributed by atoms with Crippen LogP contribution in [0.3, 0.4) is 0 Å². The van der Waals surface area contributed by atoms with E-state index in [1.165, 1.54) is 11.3 Å². The molecule has 0 radical (unpaired) electrons. The maximum absolute atomic E-state index is 11.4. The molecule has 6 nitrogen and oxygen atoms in total. The second-order valence-corrected chi connectivity index (χ2v) is 4.67. The molecule has 0 bridgehead atoms. The number of thiazole rings is 1. The van der Waals surface area contributed by atoms with Gasteiger partial charge < -0.3 is 20.1 Å². The summed E-state index contributed by atoms with van der Waals surface area (Å²) in [5, 5.41) is 8.01. The molecule has 0 spiro atoms. The number of ether oxygens (including phenoxy) is 2. The Kier molecular flexibility index (Phi) is 2.96. The van der Waals surface area contributed by atoms with Crippen molar-refractivity contribution >= 4 is 28.1 Å². The zero-order valence-electron chi connectivity index (χ0n) is 10.1. The van der Waals surface area contributed by atoms with Gasteiger partial charge in [0.2, 0.25) is 6.79 Å². The van der Waals surface area contributed by atoms with Crippen LogP contribution in [-0.2, 0) is 0 Å². The molecule has 0 atom stereocenters. The fourth-order valence-corrected chi connectivity index (χ4v) is 2.37. The first-order valence-corrected chi connectivity index (χ1v) is 6.48. The van der Waals surface area contributed by atoms with Crippen LogP contribution in [0.4, 0.5) is 10.8 Å². The van der Waals surface area contributed by atoms with E-state index in [0.717, 1.165) is 11.4 Å². The molecule has 19 heavy (non-hydrogen) atoms. The van der Waals surface area contributed by atoms with Gasteiger partial charge in [-0.2, -0.15) is 0 Å². The summed E-state index contributed by atoms with van der Waals surface area (Å²) >= 11 is 1.37. The Morgan fingerprint density at radius 3 is 3.05 bits per heavy atom. The van der Waals surface area contributed by atoms with Crippen molar-refractivity contribution in [3.8, 4) is 11.5 Å². The van der Waals surface area contributed by atoms with E-state index in [1.54, 1.807) is 12.4 Å². The van der Waals surface area contributed by atoms with Crippen molar-refractivity contribution in [3.63, 3.8) is 0 Å². The predicted molar refractivity (Wildman–Crippen MR) is 71.4 cm³/mol. The summed E-state index contributed by atoms with van der Waals surface area (Å²) in [5.41, 5.74) is 1.23. The van der Waals surface area contributed by atoms with Crippen LogP contribution in [0.2, 0.25) is 0 Å². The number of benzene rings is 1. The van der Waals surface area contributed by atoms with Crippen molar-refractivity contribution in [3.05, 3.63) is 29.3 Å². The number of carbonyl (C=O) groups is 1. The van der Waals surface area contributed by atoms with Gasteiger partial charge in [-0.05, 0) is 12.1 Å². The van der Waals surface area contributed by atoms with Crippen LogP contribution in [0.15, 0.2) is 23.6 Å². The lowest BCUT2D eigenvalue weighted by Gasteiger charge is -2.03. The average molecular weight is 277 g/mol. The van der Waals surface area contributed by atoms with E-state index in [1.807, 2.05) is 18.2 Å². The van der Waals surface area contributed by atoms with E-state index in [0.29, 0.717) is 16.6 Å². The number of aromatic nitrogens is 1. The van der Waals surface area contributed by atoms with Crippen molar-refractivity contribution in [2.24, 2.45) is 0 Å². The molecule has 7 heteroatoms. The van der Waals surface area contributed by atoms with Gasteiger partial charge in [0.15, 0.2) is 16.6 Å². The molecule has 1 amide bonds. The number of nitrogens with one attached hydrogen (secondary N) is 2. The lowest BCUT2D eigenvalue weighted by molar-refractivity contribution is 0.0959. The van der Waals surface area contributed by atoms with E-state index < -0.39 is 0 Å². The van der Waals surface area contributed by atoms with Crippen molar-refractivity contribution in [2.75, 3.05) is 19.2 Å². The normalized spacial score (nSPS) is 12.3. The summed E-state index contributed by atoms with van der Waals surface area (Å²) in [6.45, 7) is 0.247. The van der Waals surface area contributed by atoms with Gasteiger partial charge in [0, 0.05) is 24.2 Å². The minimum Gasteiger partial charge on any atom is -0.454 e. The summed E-state index contributed by atoms with van der Waals surface area (Å²) in [7, 11) is 1.58. The largest absolute Gasteiger partial charge is 0.454 e. The van der Waals surface area contributed by atoms with Crippen LogP contribution in [0.5, 0.6) is 11.5 Å². The molecule has 0 unspecified atom stereocenters.